The number of methoxy groups -OCH3 is 1. The largest absolute Gasteiger partial charge is 0.465 e. The lowest BCUT2D eigenvalue weighted by atomic mass is 10.2. The molecule has 3 heteroatoms. The van der Waals surface area contributed by atoms with E-state index in [-0.39, 0.29) is 5.97 Å². The molecule has 2 rings (SSSR count). The fourth-order valence-electron chi connectivity index (χ4n) is 1.75. The minimum Gasteiger partial charge on any atom is -0.465 e. The third-order valence-electron chi connectivity index (χ3n) is 2.45. The Morgan fingerprint density at radius 3 is 2.94 bits per heavy atom. The smallest absolute Gasteiger partial charge is 0.340 e. The number of hydrogen-bond acceptors (Lipinski definition) is 2. The van der Waals surface area contributed by atoms with Crippen molar-refractivity contribution in [2.24, 2.45) is 0 Å². The van der Waals surface area contributed by atoms with E-state index in [4.69, 9.17) is 4.74 Å². The van der Waals surface area contributed by atoms with Gasteiger partial charge in [-0.05, 0) is 31.2 Å². The molecule has 0 aliphatic heterocycles. The van der Waals surface area contributed by atoms with Crippen LogP contribution >= 0.6 is 0 Å². The molecule has 16 heavy (non-hydrogen) atoms. The molecule has 2 aromatic heterocycles. The first kappa shape index (κ1) is 10.5. The lowest BCUT2D eigenvalue weighted by Gasteiger charge is -2.00. The summed E-state index contributed by atoms with van der Waals surface area (Å²) in [5.41, 5.74) is 2.42. The average molecular weight is 215 g/mol. The van der Waals surface area contributed by atoms with Gasteiger partial charge in [-0.25, -0.2) is 4.79 Å². The third kappa shape index (κ3) is 1.60. The fraction of sp³-hybridized carbons (Fsp3) is 0.154. The van der Waals surface area contributed by atoms with Crippen LogP contribution in [0.2, 0.25) is 0 Å². The van der Waals surface area contributed by atoms with Crippen LogP contribution in [0.25, 0.3) is 11.6 Å². The van der Waals surface area contributed by atoms with Gasteiger partial charge in [0.05, 0.1) is 18.4 Å². The molecule has 3 nitrogen and oxygen atoms in total. The highest BCUT2D eigenvalue weighted by Crippen LogP contribution is 2.19. The highest BCUT2D eigenvalue weighted by atomic mass is 16.5. The second kappa shape index (κ2) is 4.23. The van der Waals surface area contributed by atoms with Crippen molar-refractivity contribution in [2.75, 3.05) is 7.11 Å². The molecular formula is C13H13NO2. The van der Waals surface area contributed by atoms with E-state index < -0.39 is 0 Å². The van der Waals surface area contributed by atoms with Crippen LogP contribution < -0.4 is 0 Å². The summed E-state index contributed by atoms with van der Waals surface area (Å²) in [5, 5.41) is 0. The summed E-state index contributed by atoms with van der Waals surface area (Å²) in [7, 11) is 1.39. The summed E-state index contributed by atoms with van der Waals surface area (Å²) in [6, 6.07) is 7.66. The molecular weight excluding hydrogens is 202 g/mol. The quantitative estimate of drug-likeness (QED) is 0.721. The molecule has 0 bridgehead atoms. The lowest BCUT2D eigenvalue weighted by molar-refractivity contribution is 0.0600. The molecule has 0 unspecified atom stereocenters. The molecule has 0 fully saturated rings. The number of fused-ring (bicyclic) bond motifs is 1. The molecule has 0 aromatic carbocycles. The number of pyridine rings is 1. The van der Waals surface area contributed by atoms with Gasteiger partial charge in [-0.2, -0.15) is 0 Å². The molecule has 2 heterocycles. The van der Waals surface area contributed by atoms with Crippen LogP contribution in [0.15, 0.2) is 36.5 Å². The van der Waals surface area contributed by atoms with Crippen molar-refractivity contribution in [1.29, 1.82) is 0 Å². The van der Waals surface area contributed by atoms with Gasteiger partial charge in [0.2, 0.25) is 0 Å². The average Bonchev–Trinajstić information content (AvgIpc) is 2.68. The van der Waals surface area contributed by atoms with Crippen molar-refractivity contribution in [3.05, 3.63) is 47.8 Å². The SMILES string of the molecule is C/C=C/c1c(C(=O)OC)cc2ccccn12. The van der Waals surface area contributed by atoms with Gasteiger partial charge < -0.3 is 9.14 Å². The third-order valence-corrected chi connectivity index (χ3v) is 2.45. The lowest BCUT2D eigenvalue weighted by Crippen LogP contribution is -2.02. The van der Waals surface area contributed by atoms with Gasteiger partial charge in [-0.15, -0.1) is 0 Å². The number of ether oxygens (including phenoxy) is 1. The monoisotopic (exact) mass is 215 g/mol. The molecule has 0 saturated heterocycles. The van der Waals surface area contributed by atoms with Gasteiger partial charge in [-0.3, -0.25) is 0 Å². The predicted molar refractivity (Wildman–Crippen MR) is 63.4 cm³/mol. The van der Waals surface area contributed by atoms with Crippen LogP contribution in [-0.4, -0.2) is 17.5 Å². The van der Waals surface area contributed by atoms with E-state index in [2.05, 4.69) is 0 Å². The summed E-state index contributed by atoms with van der Waals surface area (Å²) < 4.78 is 6.73. The summed E-state index contributed by atoms with van der Waals surface area (Å²) in [5.74, 6) is -0.309. The van der Waals surface area contributed by atoms with E-state index >= 15 is 0 Å². The van der Waals surface area contributed by atoms with Gasteiger partial charge in [-0.1, -0.05) is 12.1 Å². The Balaban J connectivity index is 2.72. The zero-order chi connectivity index (χ0) is 11.5. The maximum absolute atomic E-state index is 11.6. The van der Waals surface area contributed by atoms with Crippen molar-refractivity contribution in [2.45, 2.75) is 6.92 Å². The van der Waals surface area contributed by atoms with Crippen LogP contribution in [0.5, 0.6) is 0 Å². The van der Waals surface area contributed by atoms with E-state index in [9.17, 15) is 4.79 Å². The molecule has 82 valence electrons. The number of aromatic nitrogens is 1. The highest BCUT2D eigenvalue weighted by molar-refractivity contribution is 5.95. The van der Waals surface area contributed by atoms with E-state index in [0.29, 0.717) is 5.56 Å². The number of esters is 1. The van der Waals surface area contributed by atoms with E-state index in [1.165, 1.54) is 7.11 Å². The Kier molecular flexibility index (Phi) is 2.77. The summed E-state index contributed by atoms with van der Waals surface area (Å²) >= 11 is 0. The summed E-state index contributed by atoms with van der Waals surface area (Å²) in [6.45, 7) is 1.92. The Morgan fingerprint density at radius 1 is 1.44 bits per heavy atom. The summed E-state index contributed by atoms with van der Waals surface area (Å²) in [4.78, 5) is 11.6. The van der Waals surface area contributed by atoms with E-state index in [1.54, 1.807) is 0 Å². The van der Waals surface area contributed by atoms with Crippen LogP contribution in [-0.2, 0) is 4.74 Å². The molecule has 2 aromatic rings. The molecule has 0 amide bonds. The minimum absolute atomic E-state index is 0.309. The van der Waals surface area contributed by atoms with Crippen molar-refractivity contribution in [3.8, 4) is 0 Å². The van der Waals surface area contributed by atoms with Crippen LogP contribution in [0.4, 0.5) is 0 Å². The van der Waals surface area contributed by atoms with Gasteiger partial charge in [0.25, 0.3) is 0 Å². The molecule has 0 saturated carbocycles. The topological polar surface area (TPSA) is 30.7 Å². The normalized spacial score (nSPS) is 11.1. The molecule has 0 N–H and O–H groups in total. The standard InChI is InChI=1S/C13H13NO2/c1-3-6-12-11(13(15)16-2)9-10-7-4-5-8-14(10)12/h3-9H,1-2H3/b6-3+. The Bertz CT molecular complexity index is 552. The van der Waals surface area contributed by atoms with Crippen LogP contribution in [0, 0.1) is 0 Å². The number of carbonyl (C=O) groups excluding carboxylic acids is 1. The van der Waals surface area contributed by atoms with Gasteiger partial charge in [0, 0.05) is 11.7 Å². The molecule has 0 atom stereocenters. The fourth-order valence-corrected chi connectivity index (χ4v) is 1.75. The Labute approximate surface area is 94.0 Å². The van der Waals surface area contributed by atoms with Gasteiger partial charge >= 0.3 is 5.97 Å². The predicted octanol–water partition coefficient (Wildman–Crippen LogP) is 2.76. The summed E-state index contributed by atoms with van der Waals surface area (Å²) in [6.07, 6.45) is 5.73. The molecule has 0 aliphatic carbocycles. The van der Waals surface area contributed by atoms with E-state index in [1.807, 2.05) is 53.9 Å². The minimum atomic E-state index is -0.309. The van der Waals surface area contributed by atoms with E-state index in [0.717, 1.165) is 11.2 Å². The van der Waals surface area contributed by atoms with Crippen molar-refractivity contribution in [3.63, 3.8) is 0 Å². The number of rotatable bonds is 2. The first-order valence-corrected chi connectivity index (χ1v) is 5.09. The molecule has 0 radical (unpaired) electrons. The maximum Gasteiger partial charge on any atom is 0.340 e. The first-order chi connectivity index (χ1) is 7.77. The number of carbonyl (C=O) groups is 1. The van der Waals surface area contributed by atoms with Crippen molar-refractivity contribution < 1.29 is 9.53 Å². The second-order valence-electron chi connectivity index (χ2n) is 3.43. The zero-order valence-corrected chi connectivity index (χ0v) is 9.31. The van der Waals surface area contributed by atoms with Gasteiger partial charge in [0.1, 0.15) is 0 Å². The Hall–Kier alpha value is -2.03. The van der Waals surface area contributed by atoms with Crippen molar-refractivity contribution >= 4 is 17.6 Å². The van der Waals surface area contributed by atoms with Gasteiger partial charge in [0.15, 0.2) is 0 Å². The number of allylic oxidation sites excluding steroid dienone is 1. The molecule has 0 aliphatic rings. The van der Waals surface area contributed by atoms with Crippen LogP contribution in [0.1, 0.15) is 23.0 Å². The van der Waals surface area contributed by atoms with Crippen molar-refractivity contribution in [1.82, 2.24) is 4.40 Å². The second-order valence-corrected chi connectivity index (χ2v) is 3.43. The first-order valence-electron chi connectivity index (χ1n) is 5.09. The Morgan fingerprint density at radius 2 is 2.25 bits per heavy atom. The number of nitrogens with zero attached hydrogens (tertiary/aromatic N) is 1. The maximum atomic E-state index is 11.6. The molecule has 0 spiro atoms. The van der Waals surface area contributed by atoms with Crippen LogP contribution in [0.3, 0.4) is 0 Å². The number of hydrogen-bond donors (Lipinski definition) is 0. The zero-order valence-electron chi connectivity index (χ0n) is 9.31. The highest BCUT2D eigenvalue weighted by Gasteiger charge is 2.14.